The van der Waals surface area contributed by atoms with Gasteiger partial charge in [0.15, 0.2) is 0 Å². The molecule has 0 atom stereocenters. The predicted octanol–water partition coefficient (Wildman–Crippen LogP) is 3.07. The maximum Gasteiger partial charge on any atom is 0.131 e. The summed E-state index contributed by atoms with van der Waals surface area (Å²) in [6.45, 7) is 4.36. The fourth-order valence-corrected chi connectivity index (χ4v) is 3.02. The van der Waals surface area contributed by atoms with Gasteiger partial charge in [-0.25, -0.2) is 4.98 Å². The first-order chi connectivity index (χ1) is 7.81. The number of hydrogen-bond donors (Lipinski definition) is 0. The molecule has 1 fully saturated rings. The van der Waals surface area contributed by atoms with Crippen molar-refractivity contribution in [2.75, 3.05) is 29.5 Å². The van der Waals surface area contributed by atoms with Crippen LogP contribution in [0.1, 0.15) is 17.5 Å². The zero-order chi connectivity index (χ0) is 11.4. The quantitative estimate of drug-likeness (QED) is 0.757. The van der Waals surface area contributed by atoms with Crippen molar-refractivity contribution in [3.05, 3.63) is 23.4 Å². The molecule has 1 aromatic rings. The summed E-state index contributed by atoms with van der Waals surface area (Å²) in [5.41, 5.74) is 2.34. The maximum atomic E-state index is 5.81. The first kappa shape index (κ1) is 12.1. The van der Waals surface area contributed by atoms with E-state index in [1.807, 2.05) is 18.0 Å². The van der Waals surface area contributed by atoms with Gasteiger partial charge in [-0.3, -0.25) is 0 Å². The molecule has 0 saturated carbocycles. The monoisotopic (exact) mass is 256 g/mol. The van der Waals surface area contributed by atoms with Crippen molar-refractivity contribution in [3.8, 4) is 0 Å². The summed E-state index contributed by atoms with van der Waals surface area (Å²) in [6, 6.07) is 2.15. The minimum Gasteiger partial charge on any atom is -0.356 e. The first-order valence-electron chi connectivity index (χ1n) is 5.65. The Morgan fingerprint density at radius 3 is 3.06 bits per heavy atom. The Labute approximate surface area is 106 Å². The smallest absolute Gasteiger partial charge is 0.131 e. The molecule has 0 aliphatic carbocycles. The molecule has 1 aliphatic heterocycles. The summed E-state index contributed by atoms with van der Waals surface area (Å²) >= 11 is 7.84. The lowest BCUT2D eigenvalue weighted by Crippen LogP contribution is -2.27. The van der Waals surface area contributed by atoms with Gasteiger partial charge in [0.2, 0.25) is 0 Å². The van der Waals surface area contributed by atoms with Crippen molar-refractivity contribution in [2.45, 2.75) is 19.2 Å². The van der Waals surface area contributed by atoms with E-state index >= 15 is 0 Å². The Bertz CT molecular complexity index is 349. The second-order valence-corrected chi connectivity index (χ2v) is 5.56. The number of nitrogens with zero attached hydrogens (tertiary/aromatic N) is 2. The third-order valence-corrected chi connectivity index (χ3v) is 4.14. The number of thioether (sulfide) groups is 1. The van der Waals surface area contributed by atoms with Gasteiger partial charge in [0, 0.05) is 30.9 Å². The summed E-state index contributed by atoms with van der Waals surface area (Å²) in [5, 5.41) is 0. The summed E-state index contributed by atoms with van der Waals surface area (Å²) in [7, 11) is 0. The molecule has 0 N–H and O–H groups in total. The lowest BCUT2D eigenvalue weighted by molar-refractivity contribution is 0.796. The summed E-state index contributed by atoms with van der Waals surface area (Å²) in [4.78, 5) is 6.94. The molecule has 16 heavy (non-hydrogen) atoms. The van der Waals surface area contributed by atoms with Gasteiger partial charge in [-0.2, -0.15) is 11.8 Å². The van der Waals surface area contributed by atoms with Gasteiger partial charge in [0.05, 0.1) is 0 Å². The van der Waals surface area contributed by atoms with Gasteiger partial charge >= 0.3 is 0 Å². The Morgan fingerprint density at radius 1 is 1.44 bits per heavy atom. The van der Waals surface area contributed by atoms with Crippen molar-refractivity contribution in [3.63, 3.8) is 0 Å². The highest BCUT2D eigenvalue weighted by Crippen LogP contribution is 2.21. The fraction of sp³-hybridized carbons (Fsp3) is 0.583. The van der Waals surface area contributed by atoms with Crippen LogP contribution in [0.4, 0.5) is 5.82 Å². The van der Waals surface area contributed by atoms with Crippen LogP contribution >= 0.6 is 23.4 Å². The Balaban J connectivity index is 2.18. The number of aryl methyl sites for hydroxylation is 1. The van der Waals surface area contributed by atoms with E-state index in [-0.39, 0.29) is 0 Å². The van der Waals surface area contributed by atoms with E-state index in [4.69, 9.17) is 11.6 Å². The van der Waals surface area contributed by atoms with Gasteiger partial charge in [0.1, 0.15) is 5.82 Å². The van der Waals surface area contributed by atoms with Crippen LogP contribution in [0.15, 0.2) is 12.3 Å². The van der Waals surface area contributed by atoms with E-state index < -0.39 is 0 Å². The molecule has 2 nitrogen and oxygen atoms in total. The van der Waals surface area contributed by atoms with E-state index in [9.17, 15) is 0 Å². The van der Waals surface area contributed by atoms with Gasteiger partial charge in [0.25, 0.3) is 0 Å². The van der Waals surface area contributed by atoms with Crippen molar-refractivity contribution in [2.24, 2.45) is 0 Å². The van der Waals surface area contributed by atoms with E-state index in [1.54, 1.807) is 0 Å². The zero-order valence-electron chi connectivity index (χ0n) is 9.58. The highest BCUT2D eigenvalue weighted by atomic mass is 35.5. The van der Waals surface area contributed by atoms with Crippen molar-refractivity contribution in [1.82, 2.24) is 4.98 Å². The Hall–Kier alpha value is -0.410. The van der Waals surface area contributed by atoms with Gasteiger partial charge < -0.3 is 4.90 Å². The van der Waals surface area contributed by atoms with Gasteiger partial charge in [-0.1, -0.05) is 0 Å². The molecule has 0 unspecified atom stereocenters. The van der Waals surface area contributed by atoms with E-state index in [2.05, 4.69) is 22.9 Å². The minimum atomic E-state index is 0.546. The van der Waals surface area contributed by atoms with Crippen LogP contribution in [0.5, 0.6) is 0 Å². The van der Waals surface area contributed by atoms with Crippen LogP contribution in [0.25, 0.3) is 0 Å². The topological polar surface area (TPSA) is 16.1 Å². The number of alkyl halides is 1. The molecule has 2 heterocycles. The third-order valence-electron chi connectivity index (χ3n) is 2.78. The Morgan fingerprint density at radius 2 is 2.31 bits per heavy atom. The minimum absolute atomic E-state index is 0.546. The third kappa shape index (κ3) is 2.83. The molecule has 4 heteroatoms. The molecule has 88 valence electrons. The highest BCUT2D eigenvalue weighted by molar-refractivity contribution is 7.99. The zero-order valence-corrected chi connectivity index (χ0v) is 11.2. The van der Waals surface area contributed by atoms with E-state index in [1.165, 1.54) is 23.5 Å². The van der Waals surface area contributed by atoms with Crippen molar-refractivity contribution < 1.29 is 0 Å². The molecule has 0 radical (unpaired) electrons. The standard InChI is InChI=1S/C12H17ClN2S/c1-10-7-11(8-13)9-14-12(10)15-3-2-5-16-6-4-15/h7,9H,2-6,8H2,1H3. The number of halogens is 1. The molecule has 0 bridgehead atoms. The molecule has 0 spiro atoms. The Kier molecular flexibility index (Phi) is 4.36. The highest BCUT2D eigenvalue weighted by Gasteiger charge is 2.13. The lowest BCUT2D eigenvalue weighted by Gasteiger charge is -2.23. The largest absolute Gasteiger partial charge is 0.356 e. The average molecular weight is 257 g/mol. The van der Waals surface area contributed by atoms with Crippen molar-refractivity contribution >= 4 is 29.2 Å². The molecule has 1 saturated heterocycles. The summed E-state index contributed by atoms with van der Waals surface area (Å²) in [6.07, 6.45) is 3.15. The molecule has 1 aromatic heterocycles. The molecule has 2 rings (SSSR count). The van der Waals surface area contributed by atoms with Crippen LogP contribution in [0.3, 0.4) is 0 Å². The molecular formula is C12H17ClN2S. The van der Waals surface area contributed by atoms with Crippen molar-refractivity contribution in [1.29, 1.82) is 0 Å². The summed E-state index contributed by atoms with van der Waals surface area (Å²) < 4.78 is 0. The average Bonchev–Trinajstić information content (AvgIpc) is 2.57. The summed E-state index contributed by atoms with van der Waals surface area (Å²) in [5.74, 6) is 4.16. The fourth-order valence-electron chi connectivity index (χ4n) is 1.99. The second kappa shape index (κ2) is 5.78. The van der Waals surface area contributed by atoms with E-state index in [0.29, 0.717) is 5.88 Å². The van der Waals surface area contributed by atoms with Crippen LogP contribution < -0.4 is 4.90 Å². The molecule has 0 aromatic carbocycles. The first-order valence-corrected chi connectivity index (χ1v) is 7.34. The predicted molar refractivity (Wildman–Crippen MR) is 72.7 cm³/mol. The number of pyridine rings is 1. The van der Waals surface area contributed by atoms with Crippen LogP contribution in [-0.4, -0.2) is 29.6 Å². The maximum absolute atomic E-state index is 5.81. The van der Waals surface area contributed by atoms with Gasteiger partial charge in [-0.15, -0.1) is 11.6 Å². The van der Waals surface area contributed by atoms with Gasteiger partial charge in [-0.05, 0) is 36.3 Å². The number of aromatic nitrogens is 1. The normalized spacial score (nSPS) is 17.2. The molecule has 1 aliphatic rings. The SMILES string of the molecule is Cc1cc(CCl)cnc1N1CCCSCC1. The lowest BCUT2D eigenvalue weighted by atomic mass is 10.2. The number of rotatable bonds is 2. The molecular weight excluding hydrogens is 240 g/mol. The van der Waals surface area contributed by atoms with E-state index in [0.717, 1.165) is 24.5 Å². The van der Waals surface area contributed by atoms with Crippen LogP contribution in [-0.2, 0) is 5.88 Å². The second-order valence-electron chi connectivity index (χ2n) is 4.07. The van der Waals surface area contributed by atoms with Crippen LogP contribution in [0.2, 0.25) is 0 Å². The van der Waals surface area contributed by atoms with Crippen LogP contribution in [0, 0.1) is 6.92 Å². The molecule has 0 amide bonds. The number of hydrogen-bond acceptors (Lipinski definition) is 3. The number of anilines is 1.